The fourth-order valence-corrected chi connectivity index (χ4v) is 3.51. The Bertz CT molecular complexity index is 1010. The molecule has 0 aliphatic rings. The molecule has 0 bridgehead atoms. The second-order valence-electron chi connectivity index (χ2n) is 5.80. The number of nitrogens with one attached hydrogen (secondary N) is 1. The fraction of sp³-hybridized carbons (Fsp3) is 0.250. The summed E-state index contributed by atoms with van der Waals surface area (Å²) in [4.78, 5) is 9.96. The van der Waals surface area contributed by atoms with E-state index in [9.17, 15) is 36.1 Å². The number of alkyl halides is 3. The highest BCUT2D eigenvalue weighted by atomic mass is 32.2. The number of non-ortho nitro benzene ring substituents is 1. The lowest BCUT2D eigenvalue weighted by Gasteiger charge is -2.16. The van der Waals surface area contributed by atoms with Gasteiger partial charge in [-0.25, -0.2) is 17.5 Å². The van der Waals surface area contributed by atoms with E-state index in [1.54, 1.807) is 0 Å². The maximum Gasteiger partial charge on any atom is 0.419 e. The van der Waals surface area contributed by atoms with E-state index >= 15 is 0 Å². The van der Waals surface area contributed by atoms with Crippen molar-refractivity contribution in [3.63, 3.8) is 0 Å². The number of nitro groups is 1. The average molecular weight is 421 g/mol. The third-order valence-electron chi connectivity index (χ3n) is 3.98. The van der Waals surface area contributed by atoms with E-state index in [-0.39, 0.29) is 22.4 Å². The maximum atomic E-state index is 13.8. The number of nitrogens with zero attached hydrogens (tertiary/aromatic N) is 1. The van der Waals surface area contributed by atoms with E-state index in [1.807, 2.05) is 0 Å². The van der Waals surface area contributed by atoms with Gasteiger partial charge < -0.3 is 5.73 Å². The summed E-state index contributed by atoms with van der Waals surface area (Å²) in [6, 6.07) is 4.03. The first-order valence-electron chi connectivity index (χ1n) is 7.70. The number of hydrogen-bond acceptors (Lipinski definition) is 5. The van der Waals surface area contributed by atoms with Crippen LogP contribution in [0.15, 0.2) is 41.3 Å². The zero-order valence-corrected chi connectivity index (χ0v) is 15.1. The summed E-state index contributed by atoms with van der Waals surface area (Å²) in [5.74, 6) is -1.53. The first kappa shape index (κ1) is 21.7. The fourth-order valence-electron chi connectivity index (χ4n) is 2.56. The predicted octanol–water partition coefficient (Wildman–Crippen LogP) is 2.90. The van der Waals surface area contributed by atoms with Gasteiger partial charge in [-0.15, -0.1) is 0 Å². The van der Waals surface area contributed by atoms with Crippen molar-refractivity contribution >= 4 is 15.7 Å². The molecule has 0 aromatic heterocycles. The minimum atomic E-state index is -4.87. The van der Waals surface area contributed by atoms with Crippen LogP contribution in [-0.4, -0.2) is 20.4 Å². The highest BCUT2D eigenvalue weighted by Crippen LogP contribution is 2.33. The Hall–Kier alpha value is -2.57. The summed E-state index contributed by atoms with van der Waals surface area (Å²) >= 11 is 0. The van der Waals surface area contributed by atoms with Crippen LogP contribution < -0.4 is 10.5 Å². The molecule has 2 rings (SSSR count). The summed E-state index contributed by atoms with van der Waals surface area (Å²) in [6.45, 7) is 0. The van der Waals surface area contributed by atoms with Crippen molar-refractivity contribution in [3.8, 4) is 0 Å². The molecule has 0 amide bonds. The van der Waals surface area contributed by atoms with Crippen LogP contribution in [0.5, 0.6) is 0 Å². The number of benzene rings is 2. The van der Waals surface area contributed by atoms with Gasteiger partial charge in [0.2, 0.25) is 10.0 Å². The molecule has 0 heterocycles. The largest absolute Gasteiger partial charge is 0.419 e. The molecule has 0 unspecified atom stereocenters. The van der Waals surface area contributed by atoms with Gasteiger partial charge in [-0.1, -0.05) is 6.07 Å². The molecule has 0 spiro atoms. The molecule has 0 saturated heterocycles. The third-order valence-corrected chi connectivity index (χ3v) is 5.49. The molecular formula is C16H15F4N3O4S. The Morgan fingerprint density at radius 3 is 2.36 bits per heavy atom. The number of nitro benzene ring substituents is 1. The van der Waals surface area contributed by atoms with E-state index in [4.69, 9.17) is 5.73 Å². The van der Waals surface area contributed by atoms with E-state index < -0.39 is 44.2 Å². The second kappa shape index (κ2) is 7.81. The van der Waals surface area contributed by atoms with Gasteiger partial charge in [0.25, 0.3) is 5.69 Å². The molecular weight excluding hydrogens is 406 g/mol. The molecule has 7 nitrogen and oxygen atoms in total. The van der Waals surface area contributed by atoms with Gasteiger partial charge in [-0.05, 0) is 42.8 Å². The van der Waals surface area contributed by atoms with Crippen LogP contribution in [0.1, 0.15) is 22.7 Å². The lowest BCUT2D eigenvalue weighted by molar-refractivity contribution is -0.385. The predicted molar refractivity (Wildman–Crippen MR) is 91.4 cm³/mol. The molecule has 152 valence electrons. The summed E-state index contributed by atoms with van der Waals surface area (Å²) in [7, 11) is -2.84. The van der Waals surface area contributed by atoms with E-state index in [1.165, 1.54) is 0 Å². The smallest absolute Gasteiger partial charge is 0.324 e. The summed E-state index contributed by atoms with van der Waals surface area (Å²) in [5, 5.41) is 11.0. The number of hydrogen-bond donors (Lipinski definition) is 2. The van der Waals surface area contributed by atoms with Crippen molar-refractivity contribution in [2.45, 2.75) is 23.5 Å². The molecule has 2 aromatic rings. The molecule has 12 heteroatoms. The minimum absolute atomic E-state index is 0.0233. The molecule has 2 aromatic carbocycles. The molecule has 0 radical (unpaired) electrons. The second-order valence-corrected chi connectivity index (χ2v) is 7.66. The topological polar surface area (TPSA) is 115 Å². The first-order chi connectivity index (χ1) is 12.9. The summed E-state index contributed by atoms with van der Waals surface area (Å²) in [6.07, 6.45) is -5.16. The van der Waals surface area contributed by atoms with Gasteiger partial charge in [0, 0.05) is 18.2 Å². The van der Waals surface area contributed by atoms with Gasteiger partial charge in [-0.2, -0.15) is 13.2 Å². The Kier molecular flexibility index (Phi) is 6.06. The third kappa shape index (κ3) is 4.64. The van der Waals surface area contributed by atoms with Crippen molar-refractivity contribution in [1.82, 2.24) is 4.72 Å². The Balaban J connectivity index is 2.45. The van der Waals surface area contributed by atoms with Crippen molar-refractivity contribution in [2.75, 3.05) is 7.05 Å². The molecule has 3 N–H and O–H groups in total. The van der Waals surface area contributed by atoms with Crippen LogP contribution in [0.2, 0.25) is 0 Å². The Morgan fingerprint density at radius 2 is 1.86 bits per heavy atom. The standard InChI is InChI=1S/C16H15F4N3O4S/c1-22-28(26,27)15-5-3-11(23(24)25)6-10(15)8-14(21)9-2-4-12(13(17)7-9)16(18,19)20/h2-7,14,22H,8,21H2,1H3/t14-/m0/s1. The normalized spacial score (nSPS) is 13.4. The van der Waals surface area contributed by atoms with Crippen LogP contribution in [0, 0.1) is 15.9 Å². The van der Waals surface area contributed by atoms with Crippen molar-refractivity contribution in [2.24, 2.45) is 5.73 Å². The van der Waals surface area contributed by atoms with E-state index in [0.717, 1.165) is 31.3 Å². The average Bonchev–Trinajstić information content (AvgIpc) is 2.60. The number of nitrogens with two attached hydrogens (primary N) is 1. The summed E-state index contributed by atoms with van der Waals surface area (Å²) < 4.78 is 78.1. The zero-order chi connectivity index (χ0) is 21.3. The van der Waals surface area contributed by atoms with Crippen molar-refractivity contribution in [3.05, 3.63) is 69.0 Å². The highest BCUT2D eigenvalue weighted by Gasteiger charge is 2.34. The van der Waals surface area contributed by atoms with Crippen LogP contribution in [-0.2, 0) is 22.6 Å². The zero-order valence-electron chi connectivity index (χ0n) is 14.3. The van der Waals surface area contributed by atoms with Crippen LogP contribution >= 0.6 is 0 Å². The molecule has 0 fully saturated rings. The molecule has 28 heavy (non-hydrogen) atoms. The molecule has 0 aliphatic carbocycles. The van der Waals surface area contributed by atoms with Crippen LogP contribution in [0.3, 0.4) is 0 Å². The van der Waals surface area contributed by atoms with Crippen molar-refractivity contribution < 1.29 is 30.9 Å². The minimum Gasteiger partial charge on any atom is -0.324 e. The van der Waals surface area contributed by atoms with E-state index in [0.29, 0.717) is 12.1 Å². The Labute approximate surface area is 157 Å². The van der Waals surface area contributed by atoms with Gasteiger partial charge in [-0.3, -0.25) is 10.1 Å². The molecule has 1 atom stereocenters. The quantitative estimate of drug-likeness (QED) is 0.423. The highest BCUT2D eigenvalue weighted by molar-refractivity contribution is 7.89. The van der Waals surface area contributed by atoms with Crippen LogP contribution in [0.4, 0.5) is 23.2 Å². The van der Waals surface area contributed by atoms with Gasteiger partial charge in [0.05, 0.1) is 15.4 Å². The SMILES string of the molecule is CNS(=O)(=O)c1ccc([N+](=O)[O-])cc1C[C@H](N)c1ccc(C(F)(F)F)c(F)c1. The van der Waals surface area contributed by atoms with Gasteiger partial charge in [0.15, 0.2) is 0 Å². The lowest BCUT2D eigenvalue weighted by Crippen LogP contribution is -2.22. The van der Waals surface area contributed by atoms with Gasteiger partial charge in [0.1, 0.15) is 5.82 Å². The lowest BCUT2D eigenvalue weighted by atomic mass is 9.98. The first-order valence-corrected chi connectivity index (χ1v) is 9.18. The summed E-state index contributed by atoms with van der Waals surface area (Å²) in [5.41, 5.74) is 3.99. The van der Waals surface area contributed by atoms with Crippen LogP contribution in [0.25, 0.3) is 0 Å². The molecule has 0 saturated carbocycles. The number of sulfonamides is 1. The van der Waals surface area contributed by atoms with Crippen molar-refractivity contribution in [1.29, 1.82) is 0 Å². The Morgan fingerprint density at radius 1 is 1.21 bits per heavy atom. The monoisotopic (exact) mass is 421 g/mol. The van der Waals surface area contributed by atoms with E-state index in [2.05, 4.69) is 4.72 Å². The maximum absolute atomic E-state index is 13.8. The molecule has 0 aliphatic heterocycles. The van der Waals surface area contributed by atoms with Gasteiger partial charge >= 0.3 is 6.18 Å². The number of halogens is 4. The number of rotatable bonds is 6.